The Morgan fingerprint density at radius 2 is 1.80 bits per heavy atom. The molecule has 0 fully saturated rings. The van der Waals surface area contributed by atoms with Crippen LogP contribution < -0.4 is 10.6 Å². The number of para-hydroxylation sites is 3. The van der Waals surface area contributed by atoms with E-state index >= 15 is 0 Å². The molecule has 5 aromatic rings. The van der Waals surface area contributed by atoms with E-state index in [1.165, 1.54) is 0 Å². The first-order chi connectivity index (χ1) is 17.1. The lowest BCUT2D eigenvalue weighted by atomic mass is 9.95. The number of hydrogen-bond donors (Lipinski definition) is 2. The smallest absolute Gasteiger partial charge is 0.302 e. The fourth-order valence-electron chi connectivity index (χ4n) is 4.36. The van der Waals surface area contributed by atoms with Gasteiger partial charge in [-0.15, -0.1) is 0 Å². The summed E-state index contributed by atoms with van der Waals surface area (Å²) in [5.41, 5.74) is 4.41. The number of guanidine groups is 1. The number of carbonyl (C=O) groups excluding carboxylic acids is 1. The molecule has 3 heterocycles. The first-order valence-corrected chi connectivity index (χ1v) is 11.9. The maximum atomic E-state index is 13.9. The number of aromatic nitrogens is 2. The molecule has 1 aliphatic rings. The van der Waals surface area contributed by atoms with Gasteiger partial charge in [-0.3, -0.25) is 14.7 Å². The maximum Gasteiger partial charge on any atom is 0.302 e. The van der Waals surface area contributed by atoms with Crippen molar-refractivity contribution >= 4 is 55.8 Å². The molecular weight excluding hydrogens is 506 g/mol. The zero-order valence-electron chi connectivity index (χ0n) is 18.7. The predicted octanol–water partition coefficient (Wildman–Crippen LogP) is 6.27. The van der Waals surface area contributed by atoms with E-state index in [0.29, 0.717) is 28.8 Å². The summed E-state index contributed by atoms with van der Waals surface area (Å²) in [6.45, 7) is 1.88. The van der Waals surface area contributed by atoms with Gasteiger partial charge in [-0.1, -0.05) is 64.5 Å². The molecule has 1 unspecified atom stereocenters. The Hall–Kier alpha value is -4.17. The number of anilines is 1. The first kappa shape index (κ1) is 21.4. The molecule has 8 heteroatoms. The molecule has 1 aliphatic heterocycles. The number of benzene rings is 3. The molecule has 35 heavy (non-hydrogen) atoms. The summed E-state index contributed by atoms with van der Waals surface area (Å²) in [5.74, 6) is 0.310. The van der Waals surface area contributed by atoms with Gasteiger partial charge in [0.15, 0.2) is 5.58 Å². The molecule has 0 spiro atoms. The zero-order valence-corrected chi connectivity index (χ0v) is 20.3. The fraction of sp³-hybridized carbons (Fsp3) is 0.0741. The molecule has 0 aliphatic carbocycles. The molecule has 0 saturated carbocycles. The largest absolute Gasteiger partial charge is 0.423 e. The molecule has 6 rings (SSSR count). The lowest BCUT2D eigenvalue weighted by Crippen LogP contribution is -2.37. The van der Waals surface area contributed by atoms with Gasteiger partial charge < -0.3 is 9.73 Å². The summed E-state index contributed by atoms with van der Waals surface area (Å²) in [5, 5.41) is 7.38. The molecule has 0 amide bonds. The van der Waals surface area contributed by atoms with Gasteiger partial charge in [0, 0.05) is 21.8 Å². The number of allylic oxidation sites excluding steroid dienone is 1. The second-order valence-electron chi connectivity index (χ2n) is 8.23. The third-order valence-corrected chi connectivity index (χ3v) is 6.73. The van der Waals surface area contributed by atoms with Crippen molar-refractivity contribution in [3.05, 3.63) is 106 Å². The van der Waals surface area contributed by atoms with E-state index in [4.69, 9.17) is 9.41 Å². The van der Waals surface area contributed by atoms with E-state index in [1.54, 1.807) is 10.8 Å². The second kappa shape index (κ2) is 8.56. The monoisotopic (exact) mass is 525 g/mol. The summed E-state index contributed by atoms with van der Waals surface area (Å²) in [6.07, 6.45) is 1.81. The topological polar surface area (TPSA) is 84.5 Å². The van der Waals surface area contributed by atoms with Crippen LogP contribution in [0.1, 0.15) is 23.3 Å². The van der Waals surface area contributed by atoms with Crippen LogP contribution in [0.4, 0.5) is 6.01 Å². The highest BCUT2D eigenvalue weighted by atomic mass is 79.9. The summed E-state index contributed by atoms with van der Waals surface area (Å²) in [6, 6.07) is 24.9. The second-order valence-corrected chi connectivity index (χ2v) is 9.08. The minimum Gasteiger partial charge on any atom is -0.423 e. The lowest BCUT2D eigenvalue weighted by molar-refractivity contribution is 0.0951. The van der Waals surface area contributed by atoms with Gasteiger partial charge in [-0.25, -0.2) is 4.99 Å². The number of halogens is 1. The van der Waals surface area contributed by atoms with Crippen molar-refractivity contribution in [1.29, 1.82) is 0 Å². The normalized spacial score (nSPS) is 15.8. The molecule has 0 bridgehead atoms. The molecule has 1 atom stereocenters. The van der Waals surface area contributed by atoms with Crippen molar-refractivity contribution in [3.63, 3.8) is 0 Å². The van der Waals surface area contributed by atoms with Crippen molar-refractivity contribution in [2.75, 3.05) is 5.32 Å². The molecule has 7 nitrogen and oxygen atoms in total. The van der Waals surface area contributed by atoms with Gasteiger partial charge in [-0.2, -0.15) is 4.98 Å². The van der Waals surface area contributed by atoms with E-state index in [2.05, 4.69) is 31.5 Å². The molecule has 2 N–H and O–H groups in total. The number of fused-ring (bicyclic) bond motifs is 2. The summed E-state index contributed by atoms with van der Waals surface area (Å²) in [7, 11) is 0. The minimum absolute atomic E-state index is 0.137. The predicted molar refractivity (Wildman–Crippen MR) is 140 cm³/mol. The number of rotatable bonds is 3. The highest BCUT2D eigenvalue weighted by Gasteiger charge is 2.32. The van der Waals surface area contributed by atoms with E-state index in [9.17, 15) is 4.79 Å². The highest BCUT2D eigenvalue weighted by Crippen LogP contribution is 2.36. The quantitative estimate of drug-likeness (QED) is 0.290. The third kappa shape index (κ3) is 3.81. The minimum atomic E-state index is -0.549. The van der Waals surface area contributed by atoms with Crippen LogP contribution in [0.3, 0.4) is 0 Å². The Morgan fingerprint density at radius 3 is 2.66 bits per heavy atom. The number of nitrogens with zero attached hydrogens (tertiary/aromatic N) is 3. The van der Waals surface area contributed by atoms with Gasteiger partial charge in [0.25, 0.3) is 5.91 Å². The maximum absolute atomic E-state index is 13.9. The van der Waals surface area contributed by atoms with Gasteiger partial charge >= 0.3 is 6.01 Å². The number of carbonyl (C=O) groups is 1. The molecule has 0 radical (unpaired) electrons. The van der Waals surface area contributed by atoms with Crippen molar-refractivity contribution in [3.8, 4) is 0 Å². The van der Waals surface area contributed by atoms with Crippen LogP contribution in [0.25, 0.3) is 22.0 Å². The van der Waals surface area contributed by atoms with E-state index < -0.39 is 6.04 Å². The van der Waals surface area contributed by atoms with Crippen LogP contribution in [-0.2, 0) is 0 Å². The summed E-state index contributed by atoms with van der Waals surface area (Å²) in [4.78, 5) is 23.3. The van der Waals surface area contributed by atoms with Gasteiger partial charge in [0.2, 0.25) is 5.96 Å². The lowest BCUT2D eigenvalue weighted by Gasteiger charge is -2.27. The van der Waals surface area contributed by atoms with Gasteiger partial charge in [0.05, 0.1) is 11.1 Å². The van der Waals surface area contributed by atoms with Crippen LogP contribution in [0, 0.1) is 0 Å². The zero-order chi connectivity index (χ0) is 23.9. The number of aliphatic imine (C=N–C) groups is 1. The number of hydrogen-bond acceptors (Lipinski definition) is 6. The van der Waals surface area contributed by atoms with Crippen LogP contribution in [0.5, 0.6) is 0 Å². The Bertz CT molecular complexity index is 1630. The van der Waals surface area contributed by atoms with E-state index in [0.717, 1.165) is 26.5 Å². The first-order valence-electron chi connectivity index (χ1n) is 11.1. The van der Waals surface area contributed by atoms with Crippen molar-refractivity contribution in [2.45, 2.75) is 13.0 Å². The van der Waals surface area contributed by atoms with E-state index in [1.807, 2.05) is 85.8 Å². The summed E-state index contributed by atoms with van der Waals surface area (Å²) < 4.78 is 8.36. The number of nitrogens with one attached hydrogen (secondary N) is 2. The Balaban J connectivity index is 1.42. The van der Waals surface area contributed by atoms with Gasteiger partial charge in [-0.05, 0) is 42.8 Å². The van der Waals surface area contributed by atoms with E-state index in [-0.39, 0.29) is 5.91 Å². The molecule has 172 valence electrons. The Kier molecular flexibility index (Phi) is 5.22. The highest BCUT2D eigenvalue weighted by molar-refractivity contribution is 9.10. The number of oxazole rings is 1. The van der Waals surface area contributed by atoms with Crippen molar-refractivity contribution in [2.24, 2.45) is 4.99 Å². The Labute approximate surface area is 209 Å². The van der Waals surface area contributed by atoms with Crippen LogP contribution in [0.2, 0.25) is 0 Å². The van der Waals surface area contributed by atoms with Crippen molar-refractivity contribution in [1.82, 2.24) is 14.9 Å². The molecule has 0 saturated heterocycles. The standard InChI is InChI=1S/C27H20BrN5O2/c1-16-23(25(34)33-15-14-17-8-2-6-12-21(17)33)24(18-9-3-4-10-19(18)28)31-26(29-16)32-27-30-20-11-5-7-13-22(20)35-27/h2-15,24H,1H3,(H2,29,30,31,32). The van der Waals surface area contributed by atoms with Gasteiger partial charge in [0.1, 0.15) is 11.6 Å². The molecule has 3 aromatic carbocycles. The molecule has 2 aromatic heterocycles. The van der Waals surface area contributed by atoms with Crippen LogP contribution >= 0.6 is 15.9 Å². The van der Waals surface area contributed by atoms with Crippen LogP contribution in [0.15, 0.2) is 110 Å². The van der Waals surface area contributed by atoms with Crippen molar-refractivity contribution < 1.29 is 9.21 Å². The fourth-order valence-corrected chi connectivity index (χ4v) is 4.86. The summed E-state index contributed by atoms with van der Waals surface area (Å²) >= 11 is 3.65. The molecular formula is C27H20BrN5O2. The average Bonchev–Trinajstić information content (AvgIpc) is 3.47. The van der Waals surface area contributed by atoms with Crippen LogP contribution in [-0.4, -0.2) is 21.4 Å². The third-order valence-electron chi connectivity index (χ3n) is 6.01. The Morgan fingerprint density at radius 1 is 1.03 bits per heavy atom. The SMILES string of the molecule is CC1=C(C(=O)n2ccc3ccccc32)C(c2ccccc2Br)N=C(Nc2nc3ccccc3o2)N1. The average molecular weight is 526 g/mol.